The van der Waals surface area contributed by atoms with Crippen LogP contribution in [0.4, 0.5) is 0 Å². The second kappa shape index (κ2) is 9.80. The van der Waals surface area contributed by atoms with Gasteiger partial charge in [0.15, 0.2) is 5.16 Å². The molecule has 3 aromatic carbocycles. The molecule has 176 valence electrons. The van der Waals surface area contributed by atoms with Crippen LogP contribution < -0.4 is 10.3 Å². The first-order valence-electron chi connectivity index (χ1n) is 11.3. The number of aryl methyl sites for hydroxylation is 2. The zero-order chi connectivity index (χ0) is 24.4. The molecule has 5 rings (SSSR count). The van der Waals surface area contributed by atoms with Gasteiger partial charge in [-0.3, -0.25) is 9.36 Å². The highest BCUT2D eigenvalue weighted by atomic mass is 32.2. The Bertz CT molecular complexity index is 1540. The summed E-state index contributed by atoms with van der Waals surface area (Å²) in [6.45, 7) is 4.38. The standard InChI is InChI=1S/C28H25N3O3S/c1-18-8-12-21(13-9-18)26-29-25(19(2)34-26)17-35-28-30-24-7-5-4-6-23(24)27(32)31(28)16-20-10-14-22(33-3)15-11-20/h4-15H,16-17H2,1-3H3. The average Bonchev–Trinajstić information content (AvgIpc) is 3.26. The fourth-order valence-corrected chi connectivity index (χ4v) is 4.83. The first-order chi connectivity index (χ1) is 17.0. The Morgan fingerprint density at radius 3 is 2.43 bits per heavy atom. The summed E-state index contributed by atoms with van der Waals surface area (Å²) in [5.41, 5.74) is 4.57. The highest BCUT2D eigenvalue weighted by molar-refractivity contribution is 7.98. The van der Waals surface area contributed by atoms with Crippen molar-refractivity contribution in [3.63, 3.8) is 0 Å². The van der Waals surface area contributed by atoms with E-state index in [1.807, 2.05) is 79.7 Å². The maximum absolute atomic E-state index is 13.4. The van der Waals surface area contributed by atoms with Crippen LogP contribution in [0, 0.1) is 13.8 Å². The minimum Gasteiger partial charge on any atom is -0.497 e. The third kappa shape index (κ3) is 4.86. The molecular weight excluding hydrogens is 458 g/mol. The quantitative estimate of drug-likeness (QED) is 0.208. The Kier molecular flexibility index (Phi) is 6.42. The zero-order valence-corrected chi connectivity index (χ0v) is 20.6. The molecule has 0 aliphatic rings. The number of hydrogen-bond acceptors (Lipinski definition) is 6. The molecule has 2 aromatic heterocycles. The van der Waals surface area contributed by atoms with E-state index in [0.717, 1.165) is 28.3 Å². The SMILES string of the molecule is COc1ccc(Cn2c(SCc3nc(-c4ccc(C)cc4)oc3C)nc3ccccc3c2=O)cc1. The van der Waals surface area contributed by atoms with Gasteiger partial charge in [0.25, 0.3) is 5.56 Å². The molecule has 0 saturated carbocycles. The lowest BCUT2D eigenvalue weighted by Gasteiger charge is -2.13. The fraction of sp³-hybridized carbons (Fsp3) is 0.179. The lowest BCUT2D eigenvalue weighted by molar-refractivity contribution is 0.414. The van der Waals surface area contributed by atoms with Crippen LogP contribution >= 0.6 is 11.8 Å². The van der Waals surface area contributed by atoms with Gasteiger partial charge in [-0.1, -0.05) is 53.7 Å². The normalized spacial score (nSPS) is 11.2. The lowest BCUT2D eigenvalue weighted by atomic mass is 10.1. The van der Waals surface area contributed by atoms with Crippen LogP contribution in [-0.2, 0) is 12.3 Å². The lowest BCUT2D eigenvalue weighted by Crippen LogP contribution is -2.24. The summed E-state index contributed by atoms with van der Waals surface area (Å²) in [6.07, 6.45) is 0. The second-order valence-electron chi connectivity index (χ2n) is 8.33. The Morgan fingerprint density at radius 2 is 1.69 bits per heavy atom. The summed E-state index contributed by atoms with van der Waals surface area (Å²) in [6, 6.07) is 23.3. The van der Waals surface area contributed by atoms with Gasteiger partial charge in [-0.2, -0.15) is 0 Å². The Balaban J connectivity index is 1.47. The molecule has 5 aromatic rings. The van der Waals surface area contributed by atoms with E-state index in [2.05, 4.69) is 6.92 Å². The molecule has 7 heteroatoms. The van der Waals surface area contributed by atoms with Crippen molar-refractivity contribution >= 4 is 22.7 Å². The second-order valence-corrected chi connectivity index (χ2v) is 9.27. The molecule has 0 unspecified atom stereocenters. The molecule has 0 atom stereocenters. The summed E-state index contributed by atoms with van der Waals surface area (Å²) >= 11 is 1.49. The number of oxazole rings is 1. The Labute approximate surface area is 207 Å². The van der Waals surface area contributed by atoms with Gasteiger partial charge in [-0.15, -0.1) is 0 Å². The summed E-state index contributed by atoms with van der Waals surface area (Å²) in [5, 5.41) is 1.24. The van der Waals surface area contributed by atoms with Crippen LogP contribution in [-0.4, -0.2) is 21.6 Å². The third-order valence-corrected chi connectivity index (χ3v) is 6.84. The van der Waals surface area contributed by atoms with E-state index < -0.39 is 0 Å². The number of rotatable bonds is 7. The van der Waals surface area contributed by atoms with Gasteiger partial charge >= 0.3 is 0 Å². The van der Waals surface area contributed by atoms with Gasteiger partial charge in [-0.25, -0.2) is 9.97 Å². The predicted molar refractivity (Wildman–Crippen MR) is 139 cm³/mol. The minimum atomic E-state index is -0.0638. The maximum Gasteiger partial charge on any atom is 0.262 e. The Hall–Kier alpha value is -3.84. The first kappa shape index (κ1) is 22.9. The van der Waals surface area contributed by atoms with Crippen LogP contribution in [0.1, 0.15) is 22.6 Å². The minimum absolute atomic E-state index is 0.0638. The number of methoxy groups -OCH3 is 1. The molecule has 0 N–H and O–H groups in total. The van der Waals surface area contributed by atoms with E-state index in [9.17, 15) is 4.79 Å². The number of benzene rings is 3. The third-order valence-electron chi connectivity index (χ3n) is 5.86. The van der Waals surface area contributed by atoms with E-state index >= 15 is 0 Å². The summed E-state index contributed by atoms with van der Waals surface area (Å²) in [7, 11) is 1.64. The molecule has 0 bridgehead atoms. The van der Waals surface area contributed by atoms with Crippen molar-refractivity contribution in [2.24, 2.45) is 0 Å². The number of para-hydroxylation sites is 1. The van der Waals surface area contributed by atoms with Gasteiger partial charge in [0, 0.05) is 11.3 Å². The molecule has 0 amide bonds. The van der Waals surface area contributed by atoms with Crippen molar-refractivity contribution in [3.05, 3.63) is 106 Å². The van der Waals surface area contributed by atoms with Gasteiger partial charge < -0.3 is 9.15 Å². The number of nitrogens with zero attached hydrogens (tertiary/aromatic N) is 3. The van der Waals surface area contributed by atoms with Crippen molar-refractivity contribution < 1.29 is 9.15 Å². The number of thioether (sulfide) groups is 1. The summed E-state index contributed by atoms with van der Waals surface area (Å²) in [5.74, 6) is 2.67. The number of ether oxygens (including phenoxy) is 1. The van der Waals surface area contributed by atoms with Crippen LogP contribution in [0.5, 0.6) is 5.75 Å². The van der Waals surface area contributed by atoms with Crippen molar-refractivity contribution in [1.29, 1.82) is 0 Å². The number of hydrogen-bond donors (Lipinski definition) is 0. The maximum atomic E-state index is 13.4. The smallest absolute Gasteiger partial charge is 0.262 e. The van der Waals surface area contributed by atoms with Gasteiger partial charge in [0.1, 0.15) is 11.5 Å². The number of aromatic nitrogens is 3. The van der Waals surface area contributed by atoms with Crippen LogP contribution in [0.15, 0.2) is 87.2 Å². The predicted octanol–water partition coefficient (Wildman–Crippen LogP) is 6.02. The first-order valence-corrected chi connectivity index (χ1v) is 12.3. The van der Waals surface area contributed by atoms with Crippen LogP contribution in [0.2, 0.25) is 0 Å². The van der Waals surface area contributed by atoms with Crippen molar-refractivity contribution in [2.75, 3.05) is 7.11 Å². The average molecular weight is 484 g/mol. The highest BCUT2D eigenvalue weighted by Gasteiger charge is 2.16. The molecule has 0 radical (unpaired) electrons. The van der Waals surface area contributed by atoms with E-state index in [4.69, 9.17) is 19.1 Å². The molecule has 0 aliphatic heterocycles. The molecule has 2 heterocycles. The molecule has 6 nitrogen and oxygen atoms in total. The topological polar surface area (TPSA) is 70.2 Å². The highest BCUT2D eigenvalue weighted by Crippen LogP contribution is 2.28. The molecular formula is C28H25N3O3S. The summed E-state index contributed by atoms with van der Waals surface area (Å²) in [4.78, 5) is 23.0. The Morgan fingerprint density at radius 1 is 0.943 bits per heavy atom. The molecule has 0 fully saturated rings. The number of fused-ring (bicyclic) bond motifs is 1. The van der Waals surface area contributed by atoms with Crippen LogP contribution in [0.3, 0.4) is 0 Å². The van der Waals surface area contributed by atoms with Crippen molar-refractivity contribution in [2.45, 2.75) is 31.3 Å². The van der Waals surface area contributed by atoms with E-state index in [1.165, 1.54) is 17.3 Å². The molecule has 0 spiro atoms. The van der Waals surface area contributed by atoms with Crippen molar-refractivity contribution in [3.8, 4) is 17.2 Å². The molecule has 0 saturated heterocycles. The van der Waals surface area contributed by atoms with Gasteiger partial charge in [-0.05, 0) is 55.8 Å². The van der Waals surface area contributed by atoms with E-state index in [0.29, 0.717) is 34.2 Å². The van der Waals surface area contributed by atoms with E-state index in [-0.39, 0.29) is 5.56 Å². The fourth-order valence-electron chi connectivity index (χ4n) is 3.83. The van der Waals surface area contributed by atoms with Crippen molar-refractivity contribution in [1.82, 2.24) is 14.5 Å². The molecule has 35 heavy (non-hydrogen) atoms. The zero-order valence-electron chi connectivity index (χ0n) is 19.8. The monoisotopic (exact) mass is 483 g/mol. The van der Waals surface area contributed by atoms with Gasteiger partial charge in [0.05, 0.1) is 30.3 Å². The summed E-state index contributed by atoms with van der Waals surface area (Å²) < 4.78 is 12.9. The van der Waals surface area contributed by atoms with Gasteiger partial charge in [0.2, 0.25) is 5.89 Å². The van der Waals surface area contributed by atoms with E-state index in [1.54, 1.807) is 11.7 Å². The largest absolute Gasteiger partial charge is 0.497 e. The van der Waals surface area contributed by atoms with Crippen LogP contribution in [0.25, 0.3) is 22.4 Å². The molecule has 0 aliphatic carbocycles.